The van der Waals surface area contributed by atoms with Gasteiger partial charge in [-0.15, -0.1) is 0 Å². The quantitative estimate of drug-likeness (QED) is 0.845. The molecule has 0 saturated carbocycles. The lowest BCUT2D eigenvalue weighted by molar-refractivity contribution is 0.624. The van der Waals surface area contributed by atoms with Gasteiger partial charge in [0.05, 0.1) is 12.4 Å². The van der Waals surface area contributed by atoms with E-state index in [1.54, 1.807) is 18.3 Å². The first-order chi connectivity index (χ1) is 7.24. The van der Waals surface area contributed by atoms with Crippen LogP contribution in [0.1, 0.15) is 0 Å². The third kappa shape index (κ3) is 2.66. The summed E-state index contributed by atoms with van der Waals surface area (Å²) >= 11 is 1.32. The van der Waals surface area contributed by atoms with Gasteiger partial charge in [0.15, 0.2) is 0 Å². The summed E-state index contributed by atoms with van der Waals surface area (Å²) in [4.78, 5) is 8.73. The highest BCUT2D eigenvalue weighted by molar-refractivity contribution is 7.99. The average Bonchev–Trinajstić information content (AvgIpc) is 2.17. The van der Waals surface area contributed by atoms with Crippen LogP contribution in [0.4, 0.5) is 10.2 Å². The molecule has 0 spiro atoms. The van der Waals surface area contributed by atoms with Gasteiger partial charge in [-0.3, -0.25) is 4.98 Å². The number of nitrogens with zero attached hydrogens (tertiary/aromatic N) is 2. The Balaban J connectivity index is 2.22. The Morgan fingerprint density at radius 2 is 2.13 bits per heavy atom. The van der Waals surface area contributed by atoms with Crippen molar-refractivity contribution in [2.75, 3.05) is 5.73 Å². The second-order valence-electron chi connectivity index (χ2n) is 2.84. The summed E-state index contributed by atoms with van der Waals surface area (Å²) in [7, 11) is 0. The van der Waals surface area contributed by atoms with E-state index >= 15 is 0 Å². The zero-order valence-electron chi connectivity index (χ0n) is 7.72. The molecule has 3 nitrogen and oxygen atoms in total. The predicted molar refractivity (Wildman–Crippen MR) is 57.0 cm³/mol. The first-order valence-electron chi connectivity index (χ1n) is 4.25. The summed E-state index contributed by atoms with van der Waals surface area (Å²) < 4.78 is 12.9. The van der Waals surface area contributed by atoms with Crippen molar-refractivity contribution in [1.82, 2.24) is 9.97 Å². The number of rotatable bonds is 2. The smallest absolute Gasteiger partial charge is 0.143 e. The van der Waals surface area contributed by atoms with Gasteiger partial charge >= 0.3 is 0 Å². The topological polar surface area (TPSA) is 51.8 Å². The van der Waals surface area contributed by atoms with Gasteiger partial charge in [0.2, 0.25) is 0 Å². The van der Waals surface area contributed by atoms with Crippen molar-refractivity contribution < 1.29 is 4.39 Å². The third-order valence-electron chi connectivity index (χ3n) is 1.65. The standard InChI is InChI=1S/C10H8FN3S/c11-7-2-1-3-8(4-7)15-10-6-13-5-9(12)14-10/h1-6H,(H2,12,14). The molecule has 1 aromatic carbocycles. The molecule has 0 amide bonds. The summed E-state index contributed by atoms with van der Waals surface area (Å²) in [6.45, 7) is 0. The molecular formula is C10H8FN3S. The molecular weight excluding hydrogens is 213 g/mol. The fraction of sp³-hybridized carbons (Fsp3) is 0. The lowest BCUT2D eigenvalue weighted by Gasteiger charge is -2.00. The second kappa shape index (κ2) is 4.27. The number of nitrogens with two attached hydrogens (primary N) is 1. The van der Waals surface area contributed by atoms with Gasteiger partial charge in [0.1, 0.15) is 16.7 Å². The molecule has 0 aliphatic heterocycles. The molecule has 0 fully saturated rings. The maximum Gasteiger partial charge on any atom is 0.143 e. The van der Waals surface area contributed by atoms with Crippen molar-refractivity contribution in [3.05, 3.63) is 42.5 Å². The first-order valence-corrected chi connectivity index (χ1v) is 5.06. The summed E-state index contributed by atoms with van der Waals surface area (Å²) in [5.41, 5.74) is 5.48. The number of hydrogen-bond donors (Lipinski definition) is 1. The Hall–Kier alpha value is -1.62. The molecule has 0 aliphatic rings. The van der Waals surface area contributed by atoms with Gasteiger partial charge in [0, 0.05) is 4.90 Å². The van der Waals surface area contributed by atoms with Crippen molar-refractivity contribution >= 4 is 17.6 Å². The van der Waals surface area contributed by atoms with E-state index in [9.17, 15) is 4.39 Å². The molecule has 1 heterocycles. The zero-order valence-corrected chi connectivity index (χ0v) is 8.54. The predicted octanol–water partition coefficient (Wildman–Crippen LogP) is 2.35. The van der Waals surface area contributed by atoms with E-state index in [2.05, 4.69) is 9.97 Å². The molecule has 0 bridgehead atoms. The van der Waals surface area contributed by atoms with Crippen LogP contribution in [0.25, 0.3) is 0 Å². The van der Waals surface area contributed by atoms with E-state index in [0.29, 0.717) is 10.8 Å². The number of nitrogen functional groups attached to an aromatic ring is 1. The van der Waals surface area contributed by atoms with Crippen LogP contribution in [-0.4, -0.2) is 9.97 Å². The minimum absolute atomic E-state index is 0.267. The summed E-state index contributed by atoms with van der Waals surface area (Å²) in [6, 6.07) is 6.29. The minimum atomic E-state index is -0.267. The van der Waals surface area contributed by atoms with Crippen LogP contribution in [-0.2, 0) is 0 Å². The maximum absolute atomic E-state index is 12.9. The Kier molecular flexibility index (Phi) is 2.82. The second-order valence-corrected chi connectivity index (χ2v) is 3.94. The molecule has 0 saturated heterocycles. The van der Waals surface area contributed by atoms with Crippen molar-refractivity contribution in [3.8, 4) is 0 Å². The van der Waals surface area contributed by atoms with Gasteiger partial charge in [-0.1, -0.05) is 17.8 Å². The fourth-order valence-corrected chi connectivity index (χ4v) is 1.89. The molecule has 2 rings (SSSR count). The molecule has 0 atom stereocenters. The molecule has 2 N–H and O–H groups in total. The van der Waals surface area contributed by atoms with E-state index in [4.69, 9.17) is 5.73 Å². The van der Waals surface area contributed by atoms with Crippen LogP contribution in [0.2, 0.25) is 0 Å². The van der Waals surface area contributed by atoms with Gasteiger partial charge in [0.25, 0.3) is 0 Å². The largest absolute Gasteiger partial charge is 0.382 e. The normalized spacial score (nSPS) is 10.2. The Morgan fingerprint density at radius 3 is 2.87 bits per heavy atom. The maximum atomic E-state index is 12.9. The fourth-order valence-electron chi connectivity index (χ4n) is 1.06. The van der Waals surface area contributed by atoms with Gasteiger partial charge in [-0.25, -0.2) is 9.37 Å². The van der Waals surface area contributed by atoms with Gasteiger partial charge < -0.3 is 5.73 Å². The molecule has 0 unspecified atom stereocenters. The van der Waals surface area contributed by atoms with E-state index in [1.165, 1.54) is 30.1 Å². The van der Waals surface area contributed by atoms with Crippen molar-refractivity contribution in [2.24, 2.45) is 0 Å². The molecule has 76 valence electrons. The molecule has 0 radical (unpaired) electrons. The van der Waals surface area contributed by atoms with Crippen LogP contribution >= 0.6 is 11.8 Å². The Morgan fingerprint density at radius 1 is 1.27 bits per heavy atom. The van der Waals surface area contributed by atoms with E-state index < -0.39 is 0 Å². The summed E-state index contributed by atoms with van der Waals surface area (Å²) in [6.07, 6.45) is 3.06. The number of hydrogen-bond acceptors (Lipinski definition) is 4. The highest BCUT2D eigenvalue weighted by atomic mass is 32.2. The van der Waals surface area contributed by atoms with Crippen LogP contribution in [0.5, 0.6) is 0 Å². The highest BCUT2D eigenvalue weighted by Gasteiger charge is 2.00. The van der Waals surface area contributed by atoms with Crippen molar-refractivity contribution in [2.45, 2.75) is 9.92 Å². The Bertz CT molecular complexity index is 432. The van der Waals surface area contributed by atoms with Crippen LogP contribution < -0.4 is 5.73 Å². The van der Waals surface area contributed by atoms with Crippen molar-refractivity contribution in [1.29, 1.82) is 0 Å². The lowest BCUT2D eigenvalue weighted by Crippen LogP contribution is -1.92. The number of benzene rings is 1. The van der Waals surface area contributed by atoms with E-state index in [-0.39, 0.29) is 5.82 Å². The first kappa shape index (κ1) is 9.92. The van der Waals surface area contributed by atoms with Gasteiger partial charge in [-0.05, 0) is 18.2 Å². The molecule has 2 aromatic rings. The molecule has 1 aromatic heterocycles. The summed E-state index contributed by atoms with van der Waals surface area (Å²) in [5, 5.41) is 0.653. The van der Waals surface area contributed by atoms with E-state index in [0.717, 1.165) is 4.90 Å². The van der Waals surface area contributed by atoms with E-state index in [1.807, 2.05) is 0 Å². The SMILES string of the molecule is Nc1cncc(Sc2cccc(F)c2)n1. The van der Waals surface area contributed by atoms with Crippen LogP contribution in [0, 0.1) is 5.82 Å². The highest BCUT2D eigenvalue weighted by Crippen LogP contribution is 2.25. The molecule has 0 aliphatic carbocycles. The number of anilines is 1. The molecule has 5 heteroatoms. The average molecular weight is 221 g/mol. The lowest BCUT2D eigenvalue weighted by atomic mass is 10.4. The Labute approximate surface area is 90.6 Å². The van der Waals surface area contributed by atoms with Gasteiger partial charge in [-0.2, -0.15) is 0 Å². The monoisotopic (exact) mass is 221 g/mol. The minimum Gasteiger partial charge on any atom is -0.382 e. The number of halogens is 1. The van der Waals surface area contributed by atoms with Crippen LogP contribution in [0.3, 0.4) is 0 Å². The molecule has 15 heavy (non-hydrogen) atoms. The number of aromatic nitrogens is 2. The van der Waals surface area contributed by atoms with Crippen molar-refractivity contribution in [3.63, 3.8) is 0 Å². The zero-order chi connectivity index (χ0) is 10.7. The third-order valence-corrected chi connectivity index (χ3v) is 2.55. The summed E-state index contributed by atoms with van der Waals surface area (Å²) in [5.74, 6) is 0.0910. The van der Waals surface area contributed by atoms with Crippen LogP contribution in [0.15, 0.2) is 46.6 Å².